The zero-order valence-corrected chi connectivity index (χ0v) is 19.5. The molecule has 7 nitrogen and oxygen atoms in total. The summed E-state index contributed by atoms with van der Waals surface area (Å²) in [6.07, 6.45) is 1.01. The molecule has 174 valence electrons. The molecule has 3 aromatic rings. The van der Waals surface area contributed by atoms with E-state index in [9.17, 15) is 22.8 Å². The number of nitrogens with one attached hydrogen (secondary N) is 1. The van der Waals surface area contributed by atoms with E-state index in [1.54, 1.807) is 18.2 Å². The molecule has 0 fully saturated rings. The van der Waals surface area contributed by atoms with Crippen LogP contribution in [0.1, 0.15) is 58.0 Å². The van der Waals surface area contributed by atoms with E-state index in [-0.39, 0.29) is 26.5 Å². The average Bonchev–Trinajstić information content (AvgIpc) is 2.85. The molecule has 8 heteroatoms. The molecule has 0 unspecified atom stereocenters. The Hall–Kier alpha value is -3.78. The number of carbonyl (C=O) groups is 3. The first kappa shape index (κ1) is 23.4. The fourth-order valence-electron chi connectivity index (χ4n) is 3.75. The third kappa shape index (κ3) is 4.36. The van der Waals surface area contributed by atoms with Crippen LogP contribution in [0.2, 0.25) is 0 Å². The number of fused-ring (bicyclic) bond motifs is 2. The van der Waals surface area contributed by atoms with E-state index in [1.165, 1.54) is 30.3 Å². The molecule has 1 aliphatic heterocycles. The molecule has 0 spiro atoms. The summed E-state index contributed by atoms with van der Waals surface area (Å²) < 4.78 is 31.1. The van der Waals surface area contributed by atoms with Crippen LogP contribution in [0.25, 0.3) is 0 Å². The fraction of sp³-hybridized carbons (Fsp3) is 0.192. The Bertz CT molecular complexity index is 1390. The van der Waals surface area contributed by atoms with Crippen molar-refractivity contribution in [2.75, 3.05) is 11.9 Å². The number of hydrogen-bond acceptors (Lipinski definition) is 6. The van der Waals surface area contributed by atoms with Crippen molar-refractivity contribution < 1.29 is 27.5 Å². The van der Waals surface area contributed by atoms with Gasteiger partial charge >= 0.3 is 5.97 Å². The van der Waals surface area contributed by atoms with E-state index < -0.39 is 34.1 Å². The zero-order chi connectivity index (χ0) is 24.5. The number of amides is 1. The van der Waals surface area contributed by atoms with Crippen LogP contribution in [-0.4, -0.2) is 32.7 Å². The van der Waals surface area contributed by atoms with Crippen molar-refractivity contribution in [2.45, 2.75) is 36.0 Å². The van der Waals surface area contributed by atoms with Gasteiger partial charge in [0, 0.05) is 16.8 Å². The van der Waals surface area contributed by atoms with Crippen molar-refractivity contribution in [3.05, 3.63) is 89.0 Å². The lowest BCUT2D eigenvalue weighted by Crippen LogP contribution is -2.22. The highest BCUT2D eigenvalue weighted by molar-refractivity contribution is 7.91. The van der Waals surface area contributed by atoms with E-state index in [0.29, 0.717) is 11.6 Å². The summed E-state index contributed by atoms with van der Waals surface area (Å²) in [7, 11) is -3.98. The molecule has 3 aromatic carbocycles. The average molecular weight is 478 g/mol. The number of ketones is 1. The van der Waals surface area contributed by atoms with Gasteiger partial charge in [0.25, 0.3) is 5.91 Å². The van der Waals surface area contributed by atoms with E-state index in [0.717, 1.165) is 18.1 Å². The topological polar surface area (TPSA) is 107 Å². The maximum Gasteiger partial charge on any atom is 0.338 e. The Morgan fingerprint density at radius 2 is 1.62 bits per heavy atom. The quantitative estimate of drug-likeness (QED) is 0.413. The van der Waals surface area contributed by atoms with Crippen molar-refractivity contribution in [3.63, 3.8) is 0 Å². The van der Waals surface area contributed by atoms with Gasteiger partial charge in [0.15, 0.2) is 12.4 Å². The number of benzene rings is 3. The van der Waals surface area contributed by atoms with Crippen LogP contribution in [-0.2, 0) is 19.4 Å². The van der Waals surface area contributed by atoms with Gasteiger partial charge in [-0.15, -0.1) is 0 Å². The molecule has 34 heavy (non-hydrogen) atoms. The summed E-state index contributed by atoms with van der Waals surface area (Å²) in [5.74, 6) is -1.42. The molecule has 0 aromatic heterocycles. The molecule has 0 saturated carbocycles. The van der Waals surface area contributed by atoms with Gasteiger partial charge in [-0.3, -0.25) is 9.59 Å². The number of hydrogen-bond donors (Lipinski definition) is 1. The largest absolute Gasteiger partial charge is 0.452 e. The van der Waals surface area contributed by atoms with Crippen molar-refractivity contribution >= 4 is 33.2 Å². The van der Waals surface area contributed by atoms with Gasteiger partial charge in [-0.2, -0.15) is 0 Å². The summed E-state index contributed by atoms with van der Waals surface area (Å²) >= 11 is 0. The van der Waals surface area contributed by atoms with Crippen LogP contribution >= 0.6 is 0 Å². The third-order valence-corrected chi connectivity index (χ3v) is 7.73. The summed E-state index contributed by atoms with van der Waals surface area (Å²) in [5.41, 5.74) is 1.76. The van der Waals surface area contributed by atoms with E-state index in [1.807, 2.05) is 12.1 Å². The standard InChI is InChI=1S/C26H23NO6S/c1-3-16(2)17-8-11-19(12-9-17)27-24(28)15-33-26(30)18-10-13-21-23(14-18)34(31,32)22-7-5-4-6-20(22)25(21)29/h4-14,16H,3,15H2,1-2H3,(H,27,28)/t16-/m1/s1. The van der Waals surface area contributed by atoms with Crippen molar-refractivity contribution in [1.82, 2.24) is 0 Å². The van der Waals surface area contributed by atoms with Crippen LogP contribution in [0.4, 0.5) is 5.69 Å². The number of rotatable bonds is 6. The van der Waals surface area contributed by atoms with Gasteiger partial charge in [-0.1, -0.05) is 38.1 Å². The van der Waals surface area contributed by atoms with Crippen LogP contribution in [0.5, 0.6) is 0 Å². The van der Waals surface area contributed by atoms with Gasteiger partial charge in [-0.25, -0.2) is 13.2 Å². The summed E-state index contributed by atoms with van der Waals surface area (Å²) in [5, 5.41) is 2.66. The molecule has 4 rings (SSSR count). The molecular formula is C26H23NO6S. The Labute approximate surface area is 197 Å². The Balaban J connectivity index is 1.45. The van der Waals surface area contributed by atoms with Crippen molar-refractivity contribution in [2.24, 2.45) is 0 Å². The third-order valence-electron chi connectivity index (χ3n) is 5.88. The Kier molecular flexibility index (Phi) is 6.34. The smallest absolute Gasteiger partial charge is 0.338 e. The molecule has 0 bridgehead atoms. The predicted molar refractivity (Wildman–Crippen MR) is 126 cm³/mol. The molecule has 0 radical (unpaired) electrons. The second kappa shape index (κ2) is 9.23. The molecule has 0 saturated heterocycles. The number of ether oxygens (including phenoxy) is 1. The van der Waals surface area contributed by atoms with E-state index in [2.05, 4.69) is 19.2 Å². The second-order valence-corrected chi connectivity index (χ2v) is 9.98. The minimum Gasteiger partial charge on any atom is -0.452 e. The second-order valence-electron chi connectivity index (χ2n) is 8.10. The minimum atomic E-state index is -3.98. The maximum absolute atomic E-state index is 13.0. The first-order valence-corrected chi connectivity index (χ1v) is 12.3. The summed E-state index contributed by atoms with van der Waals surface area (Å²) in [6, 6.07) is 17.1. The maximum atomic E-state index is 13.0. The number of anilines is 1. The summed E-state index contributed by atoms with van der Waals surface area (Å²) in [4.78, 5) is 37.1. The van der Waals surface area contributed by atoms with Crippen molar-refractivity contribution in [1.29, 1.82) is 0 Å². The SMILES string of the molecule is CC[C@@H](C)c1ccc(NC(=O)COC(=O)c2ccc3c(c2)S(=O)(=O)c2ccccc2C3=O)cc1. The molecule has 1 aliphatic rings. The minimum absolute atomic E-state index is 0.00571. The molecular weight excluding hydrogens is 454 g/mol. The molecule has 1 atom stereocenters. The molecule has 1 N–H and O–H groups in total. The van der Waals surface area contributed by atoms with Crippen LogP contribution in [0.15, 0.2) is 76.5 Å². The lowest BCUT2D eigenvalue weighted by atomic mass is 9.99. The number of esters is 1. The molecule has 0 aliphatic carbocycles. The molecule has 1 heterocycles. The van der Waals surface area contributed by atoms with Gasteiger partial charge in [0.05, 0.1) is 15.4 Å². The highest BCUT2D eigenvalue weighted by Gasteiger charge is 2.35. The highest BCUT2D eigenvalue weighted by atomic mass is 32.2. The van der Waals surface area contributed by atoms with Gasteiger partial charge in [0.1, 0.15) is 0 Å². The van der Waals surface area contributed by atoms with Gasteiger partial charge in [-0.05, 0) is 60.4 Å². The Morgan fingerprint density at radius 1 is 0.941 bits per heavy atom. The van der Waals surface area contributed by atoms with E-state index >= 15 is 0 Å². The van der Waals surface area contributed by atoms with Gasteiger partial charge < -0.3 is 10.1 Å². The highest BCUT2D eigenvalue weighted by Crippen LogP contribution is 2.34. The number of carbonyl (C=O) groups excluding carboxylic acids is 3. The number of sulfone groups is 1. The monoisotopic (exact) mass is 477 g/mol. The van der Waals surface area contributed by atoms with Gasteiger partial charge in [0.2, 0.25) is 9.84 Å². The first-order valence-electron chi connectivity index (χ1n) is 10.8. The first-order chi connectivity index (χ1) is 16.2. The normalized spacial score (nSPS) is 14.5. The van der Waals surface area contributed by atoms with E-state index in [4.69, 9.17) is 4.74 Å². The lowest BCUT2D eigenvalue weighted by molar-refractivity contribution is -0.119. The Morgan fingerprint density at radius 3 is 2.32 bits per heavy atom. The zero-order valence-electron chi connectivity index (χ0n) is 18.7. The predicted octanol–water partition coefficient (Wildman–Crippen LogP) is 4.37. The van der Waals surface area contributed by atoms with Crippen molar-refractivity contribution in [3.8, 4) is 0 Å². The summed E-state index contributed by atoms with van der Waals surface area (Å²) in [6.45, 7) is 3.68. The van der Waals surface area contributed by atoms with Crippen LogP contribution < -0.4 is 5.32 Å². The van der Waals surface area contributed by atoms with Crippen LogP contribution in [0, 0.1) is 0 Å². The van der Waals surface area contributed by atoms with Crippen LogP contribution in [0.3, 0.4) is 0 Å². The fourth-order valence-corrected chi connectivity index (χ4v) is 5.43. The lowest BCUT2D eigenvalue weighted by Gasteiger charge is -2.19. The molecule has 1 amide bonds.